The molecule has 4 nitrogen and oxygen atoms in total. The summed E-state index contributed by atoms with van der Waals surface area (Å²) >= 11 is 0. The van der Waals surface area contributed by atoms with E-state index in [0.29, 0.717) is 12.8 Å². The first kappa shape index (κ1) is 21.1. The standard InChI is InChI=1S/C27H29NO3/c1-31-23-14-15-25-22(17-23)13-8-16-27(25,30)19-28-26(29)18-24(20-9-4-2-5-10-20)21-11-6-3-7-12-21/h2-7,9-12,14-15,17,24,30H,8,13,16,18-19H2,1H3,(H,28,29). The number of carbonyl (C=O) groups is 1. The van der Waals surface area contributed by atoms with Gasteiger partial charge in [0.25, 0.3) is 0 Å². The number of methoxy groups -OCH3 is 1. The van der Waals surface area contributed by atoms with Crippen molar-refractivity contribution in [2.45, 2.75) is 37.2 Å². The molecule has 3 aromatic rings. The van der Waals surface area contributed by atoms with Crippen LogP contribution < -0.4 is 10.1 Å². The largest absolute Gasteiger partial charge is 0.497 e. The van der Waals surface area contributed by atoms with Gasteiger partial charge in [0.1, 0.15) is 11.4 Å². The monoisotopic (exact) mass is 415 g/mol. The molecule has 1 atom stereocenters. The highest BCUT2D eigenvalue weighted by atomic mass is 16.5. The molecule has 1 aliphatic rings. The number of benzene rings is 3. The van der Waals surface area contributed by atoms with E-state index < -0.39 is 5.60 Å². The lowest BCUT2D eigenvalue weighted by Crippen LogP contribution is -2.43. The van der Waals surface area contributed by atoms with E-state index in [0.717, 1.165) is 40.8 Å². The quantitative estimate of drug-likeness (QED) is 0.595. The fourth-order valence-electron chi connectivity index (χ4n) is 4.55. The van der Waals surface area contributed by atoms with Gasteiger partial charge in [-0.2, -0.15) is 0 Å². The molecular formula is C27H29NO3. The molecule has 0 aromatic heterocycles. The van der Waals surface area contributed by atoms with Crippen molar-refractivity contribution < 1.29 is 14.6 Å². The molecule has 0 saturated carbocycles. The number of amides is 1. The lowest BCUT2D eigenvalue weighted by molar-refractivity contribution is -0.122. The molecule has 3 aromatic carbocycles. The van der Waals surface area contributed by atoms with Gasteiger partial charge in [0.15, 0.2) is 0 Å². The fraction of sp³-hybridized carbons (Fsp3) is 0.296. The van der Waals surface area contributed by atoms with Crippen molar-refractivity contribution >= 4 is 5.91 Å². The Morgan fingerprint density at radius 1 is 1.03 bits per heavy atom. The van der Waals surface area contributed by atoms with Crippen LogP contribution in [0.25, 0.3) is 0 Å². The van der Waals surface area contributed by atoms with Crippen molar-refractivity contribution in [1.29, 1.82) is 0 Å². The Morgan fingerprint density at radius 2 is 1.68 bits per heavy atom. The first-order chi connectivity index (χ1) is 15.1. The van der Waals surface area contributed by atoms with Gasteiger partial charge in [-0.05, 0) is 53.6 Å². The average Bonchev–Trinajstić information content (AvgIpc) is 2.82. The van der Waals surface area contributed by atoms with Crippen molar-refractivity contribution in [1.82, 2.24) is 5.32 Å². The van der Waals surface area contributed by atoms with Crippen LogP contribution in [0.3, 0.4) is 0 Å². The number of aliphatic hydroxyl groups is 1. The smallest absolute Gasteiger partial charge is 0.221 e. The van der Waals surface area contributed by atoms with Gasteiger partial charge in [0.2, 0.25) is 5.91 Å². The molecule has 0 fully saturated rings. The second-order valence-corrected chi connectivity index (χ2v) is 8.26. The van der Waals surface area contributed by atoms with E-state index >= 15 is 0 Å². The van der Waals surface area contributed by atoms with Crippen molar-refractivity contribution in [2.24, 2.45) is 0 Å². The zero-order valence-electron chi connectivity index (χ0n) is 17.9. The van der Waals surface area contributed by atoms with Gasteiger partial charge in [-0.3, -0.25) is 4.79 Å². The molecule has 4 heteroatoms. The Hall–Kier alpha value is -3.11. The number of rotatable bonds is 7. The van der Waals surface area contributed by atoms with Gasteiger partial charge in [0.05, 0.1) is 13.7 Å². The highest BCUT2D eigenvalue weighted by Crippen LogP contribution is 2.37. The maximum atomic E-state index is 13.0. The second kappa shape index (κ2) is 9.36. The first-order valence-corrected chi connectivity index (χ1v) is 10.9. The number of hydrogen-bond donors (Lipinski definition) is 2. The lowest BCUT2D eigenvalue weighted by atomic mass is 9.79. The van der Waals surface area contributed by atoms with Gasteiger partial charge in [-0.1, -0.05) is 66.7 Å². The number of aryl methyl sites for hydroxylation is 1. The third-order valence-corrected chi connectivity index (χ3v) is 6.22. The van der Waals surface area contributed by atoms with Crippen molar-refractivity contribution in [2.75, 3.05) is 13.7 Å². The van der Waals surface area contributed by atoms with E-state index in [4.69, 9.17) is 4.74 Å². The zero-order chi connectivity index (χ0) is 21.7. The van der Waals surface area contributed by atoms with Crippen LogP contribution in [-0.4, -0.2) is 24.7 Å². The Labute approximate surface area is 183 Å². The summed E-state index contributed by atoms with van der Waals surface area (Å²) in [7, 11) is 1.65. The molecule has 0 aliphatic heterocycles. The van der Waals surface area contributed by atoms with Crippen LogP contribution in [0.4, 0.5) is 0 Å². The third kappa shape index (κ3) is 4.80. The van der Waals surface area contributed by atoms with E-state index in [2.05, 4.69) is 29.6 Å². The van der Waals surface area contributed by atoms with Crippen LogP contribution in [0.5, 0.6) is 5.75 Å². The maximum Gasteiger partial charge on any atom is 0.221 e. The topological polar surface area (TPSA) is 58.6 Å². The van der Waals surface area contributed by atoms with E-state index in [-0.39, 0.29) is 18.4 Å². The molecule has 0 bridgehead atoms. The summed E-state index contributed by atoms with van der Waals surface area (Å²) in [5, 5.41) is 14.4. The number of carbonyl (C=O) groups excluding carboxylic acids is 1. The van der Waals surface area contributed by atoms with Gasteiger partial charge < -0.3 is 15.2 Å². The molecule has 2 N–H and O–H groups in total. The highest BCUT2D eigenvalue weighted by molar-refractivity contribution is 5.77. The Morgan fingerprint density at radius 3 is 2.29 bits per heavy atom. The predicted molar refractivity (Wildman–Crippen MR) is 122 cm³/mol. The zero-order valence-corrected chi connectivity index (χ0v) is 17.9. The first-order valence-electron chi connectivity index (χ1n) is 10.9. The molecule has 160 valence electrons. The summed E-state index contributed by atoms with van der Waals surface area (Å²) in [4.78, 5) is 13.0. The van der Waals surface area contributed by atoms with E-state index in [9.17, 15) is 9.90 Å². The maximum absolute atomic E-state index is 13.0. The lowest BCUT2D eigenvalue weighted by Gasteiger charge is -2.35. The Balaban J connectivity index is 1.48. The molecule has 0 radical (unpaired) electrons. The third-order valence-electron chi connectivity index (χ3n) is 6.22. The highest BCUT2D eigenvalue weighted by Gasteiger charge is 2.35. The Kier molecular flexibility index (Phi) is 6.38. The SMILES string of the molecule is COc1ccc2c(c1)CCCC2(O)CNC(=O)CC(c1ccccc1)c1ccccc1. The van der Waals surface area contributed by atoms with Crippen LogP contribution in [0.1, 0.15) is 47.4 Å². The van der Waals surface area contributed by atoms with Crippen LogP contribution in [0, 0.1) is 0 Å². The Bertz CT molecular complexity index is 980. The predicted octanol–water partition coefficient (Wildman–Crippen LogP) is 4.56. The van der Waals surface area contributed by atoms with E-state index in [1.165, 1.54) is 0 Å². The van der Waals surface area contributed by atoms with Gasteiger partial charge in [0, 0.05) is 12.3 Å². The summed E-state index contributed by atoms with van der Waals surface area (Å²) in [6.07, 6.45) is 2.75. The van der Waals surface area contributed by atoms with Crippen molar-refractivity contribution in [3.05, 3.63) is 101 Å². The van der Waals surface area contributed by atoms with Gasteiger partial charge >= 0.3 is 0 Å². The van der Waals surface area contributed by atoms with Crippen LogP contribution in [0.2, 0.25) is 0 Å². The summed E-state index contributed by atoms with van der Waals surface area (Å²) in [6, 6.07) is 26.0. The van der Waals surface area contributed by atoms with Crippen LogP contribution in [-0.2, 0) is 16.8 Å². The summed E-state index contributed by atoms with van der Waals surface area (Å²) in [5.74, 6) is 0.701. The number of nitrogens with one attached hydrogen (secondary N) is 1. The molecule has 4 rings (SSSR count). The molecule has 0 spiro atoms. The molecular weight excluding hydrogens is 386 g/mol. The number of hydrogen-bond acceptors (Lipinski definition) is 3. The number of fused-ring (bicyclic) bond motifs is 1. The van der Waals surface area contributed by atoms with Gasteiger partial charge in [-0.25, -0.2) is 0 Å². The summed E-state index contributed by atoms with van der Waals surface area (Å²) < 4.78 is 5.32. The minimum Gasteiger partial charge on any atom is -0.497 e. The molecule has 1 unspecified atom stereocenters. The van der Waals surface area contributed by atoms with Crippen molar-refractivity contribution in [3.63, 3.8) is 0 Å². The fourth-order valence-corrected chi connectivity index (χ4v) is 4.55. The number of ether oxygens (including phenoxy) is 1. The minimum atomic E-state index is -1.05. The van der Waals surface area contributed by atoms with E-state index in [1.807, 2.05) is 54.6 Å². The molecule has 0 saturated heterocycles. The summed E-state index contributed by atoms with van der Waals surface area (Å²) in [5.41, 5.74) is 3.15. The molecule has 31 heavy (non-hydrogen) atoms. The minimum absolute atomic E-state index is 0.0278. The van der Waals surface area contributed by atoms with E-state index in [1.54, 1.807) is 7.11 Å². The van der Waals surface area contributed by atoms with Crippen LogP contribution >= 0.6 is 0 Å². The molecule has 1 aliphatic carbocycles. The van der Waals surface area contributed by atoms with Crippen LogP contribution in [0.15, 0.2) is 78.9 Å². The normalized spacial score (nSPS) is 17.8. The average molecular weight is 416 g/mol. The molecule has 0 heterocycles. The molecule has 1 amide bonds. The summed E-state index contributed by atoms with van der Waals surface area (Å²) in [6.45, 7) is 0.210. The second-order valence-electron chi connectivity index (χ2n) is 8.26. The van der Waals surface area contributed by atoms with Crippen molar-refractivity contribution in [3.8, 4) is 5.75 Å². The van der Waals surface area contributed by atoms with Gasteiger partial charge in [-0.15, -0.1) is 0 Å².